The predicted octanol–water partition coefficient (Wildman–Crippen LogP) is 4.34. The van der Waals surface area contributed by atoms with E-state index in [2.05, 4.69) is 24.1 Å². The average molecular weight is 410 g/mol. The summed E-state index contributed by atoms with van der Waals surface area (Å²) in [4.78, 5) is 17.5. The first-order valence-electron chi connectivity index (χ1n) is 10.3. The molecule has 1 N–H and O–H groups in total. The molecule has 1 aromatic carbocycles. The SMILES string of the molecule is COc1cc(OC)cc(C(CC(=O)NC(C)C(C)C)c2cnc3cc(C)ccn23)c1. The number of hydrogen-bond donors (Lipinski definition) is 1. The van der Waals surface area contributed by atoms with E-state index >= 15 is 0 Å². The number of carbonyl (C=O) groups is 1. The summed E-state index contributed by atoms with van der Waals surface area (Å²) in [5, 5.41) is 3.12. The summed E-state index contributed by atoms with van der Waals surface area (Å²) in [5.41, 5.74) is 3.90. The van der Waals surface area contributed by atoms with Crippen molar-refractivity contribution in [3.63, 3.8) is 0 Å². The van der Waals surface area contributed by atoms with Gasteiger partial charge in [-0.2, -0.15) is 0 Å². The first-order chi connectivity index (χ1) is 14.3. The number of nitrogens with zero attached hydrogens (tertiary/aromatic N) is 2. The standard InChI is InChI=1S/C24H31N3O3/c1-15(2)17(4)26-24(28)13-21(18-10-19(29-5)12-20(11-18)30-6)22-14-25-23-9-16(3)7-8-27(22)23/h7-12,14-15,17,21H,13H2,1-6H3,(H,26,28). The maximum Gasteiger partial charge on any atom is 0.221 e. The summed E-state index contributed by atoms with van der Waals surface area (Å²) in [6, 6.07) is 9.93. The number of fused-ring (bicyclic) bond motifs is 1. The van der Waals surface area contributed by atoms with Gasteiger partial charge in [0.2, 0.25) is 5.91 Å². The van der Waals surface area contributed by atoms with Gasteiger partial charge in [-0.15, -0.1) is 0 Å². The Morgan fingerprint density at radius 2 is 1.77 bits per heavy atom. The molecular weight excluding hydrogens is 378 g/mol. The Hall–Kier alpha value is -3.02. The number of imidazole rings is 1. The second-order valence-corrected chi connectivity index (χ2v) is 8.12. The van der Waals surface area contributed by atoms with Crippen molar-refractivity contribution < 1.29 is 14.3 Å². The summed E-state index contributed by atoms with van der Waals surface area (Å²) < 4.78 is 13.0. The van der Waals surface area contributed by atoms with Crippen LogP contribution in [-0.2, 0) is 4.79 Å². The normalized spacial score (nSPS) is 13.3. The monoisotopic (exact) mass is 409 g/mol. The van der Waals surface area contributed by atoms with Gasteiger partial charge in [0, 0.05) is 36.8 Å². The fourth-order valence-corrected chi connectivity index (χ4v) is 3.45. The van der Waals surface area contributed by atoms with Crippen molar-refractivity contribution in [3.8, 4) is 11.5 Å². The molecule has 0 radical (unpaired) electrons. The zero-order valence-corrected chi connectivity index (χ0v) is 18.6. The molecule has 0 aliphatic carbocycles. The topological polar surface area (TPSA) is 64.9 Å². The first kappa shape index (κ1) is 21.7. The lowest BCUT2D eigenvalue weighted by Crippen LogP contribution is -2.36. The van der Waals surface area contributed by atoms with Gasteiger partial charge in [-0.05, 0) is 55.2 Å². The van der Waals surface area contributed by atoms with Crippen LogP contribution in [0.3, 0.4) is 0 Å². The number of nitrogens with one attached hydrogen (secondary N) is 1. The van der Waals surface area contributed by atoms with Gasteiger partial charge < -0.3 is 19.2 Å². The number of methoxy groups -OCH3 is 2. The van der Waals surface area contributed by atoms with Crippen LogP contribution in [0, 0.1) is 12.8 Å². The Labute approximate surface area is 178 Å². The number of ether oxygens (including phenoxy) is 2. The molecule has 0 spiro atoms. The van der Waals surface area contributed by atoms with Gasteiger partial charge >= 0.3 is 0 Å². The molecule has 0 bridgehead atoms. The molecule has 0 aliphatic heterocycles. The highest BCUT2D eigenvalue weighted by Gasteiger charge is 2.24. The van der Waals surface area contributed by atoms with Crippen LogP contribution in [0.1, 0.15) is 49.9 Å². The van der Waals surface area contributed by atoms with Gasteiger partial charge in [-0.25, -0.2) is 4.98 Å². The molecule has 160 valence electrons. The highest BCUT2D eigenvalue weighted by atomic mass is 16.5. The quantitative estimate of drug-likeness (QED) is 0.601. The van der Waals surface area contributed by atoms with E-state index in [1.54, 1.807) is 14.2 Å². The third-order valence-corrected chi connectivity index (χ3v) is 5.61. The van der Waals surface area contributed by atoms with Crippen molar-refractivity contribution in [1.82, 2.24) is 14.7 Å². The number of hydrogen-bond acceptors (Lipinski definition) is 4. The van der Waals surface area contributed by atoms with Crippen molar-refractivity contribution in [2.75, 3.05) is 14.2 Å². The fraction of sp³-hybridized carbons (Fsp3) is 0.417. The predicted molar refractivity (Wildman–Crippen MR) is 118 cm³/mol. The summed E-state index contributed by atoms with van der Waals surface area (Å²) in [6.07, 6.45) is 4.16. The largest absolute Gasteiger partial charge is 0.497 e. The maximum absolute atomic E-state index is 12.9. The third kappa shape index (κ3) is 4.75. The molecule has 3 aromatic rings. The molecule has 6 nitrogen and oxygen atoms in total. The number of benzene rings is 1. The Morgan fingerprint density at radius 3 is 2.37 bits per heavy atom. The van der Waals surface area contributed by atoms with Crippen molar-refractivity contribution in [1.29, 1.82) is 0 Å². The summed E-state index contributed by atoms with van der Waals surface area (Å²) >= 11 is 0. The Bertz CT molecular complexity index is 1000. The second-order valence-electron chi connectivity index (χ2n) is 8.12. The van der Waals surface area contributed by atoms with E-state index in [-0.39, 0.29) is 17.9 Å². The number of amides is 1. The number of carbonyl (C=O) groups excluding carboxylic acids is 1. The maximum atomic E-state index is 12.9. The van der Waals surface area contributed by atoms with E-state index in [1.165, 1.54) is 0 Å². The zero-order valence-electron chi connectivity index (χ0n) is 18.6. The highest BCUT2D eigenvalue weighted by molar-refractivity contribution is 5.78. The number of aromatic nitrogens is 2. The van der Waals surface area contributed by atoms with Crippen LogP contribution in [0.5, 0.6) is 11.5 Å². The van der Waals surface area contributed by atoms with Gasteiger partial charge in [0.1, 0.15) is 17.1 Å². The van der Waals surface area contributed by atoms with Crippen LogP contribution < -0.4 is 14.8 Å². The van der Waals surface area contributed by atoms with Gasteiger partial charge in [0.05, 0.1) is 19.9 Å². The first-order valence-corrected chi connectivity index (χ1v) is 10.3. The molecule has 0 saturated heterocycles. The van der Waals surface area contributed by atoms with E-state index in [0.29, 0.717) is 23.8 Å². The average Bonchev–Trinajstić information content (AvgIpc) is 3.13. The molecule has 2 heterocycles. The Morgan fingerprint density at radius 1 is 1.10 bits per heavy atom. The van der Waals surface area contributed by atoms with Crippen molar-refractivity contribution >= 4 is 11.6 Å². The van der Waals surface area contributed by atoms with E-state index in [1.807, 2.05) is 61.0 Å². The summed E-state index contributed by atoms with van der Waals surface area (Å²) in [5.74, 6) is 1.55. The molecular formula is C24H31N3O3. The van der Waals surface area contributed by atoms with Crippen LogP contribution in [0.2, 0.25) is 0 Å². The Balaban J connectivity index is 2.06. The molecule has 30 heavy (non-hydrogen) atoms. The minimum Gasteiger partial charge on any atom is -0.497 e. The molecule has 0 fully saturated rings. The summed E-state index contributed by atoms with van der Waals surface area (Å²) in [6.45, 7) is 8.27. The van der Waals surface area contributed by atoms with Gasteiger partial charge in [0.25, 0.3) is 0 Å². The smallest absolute Gasteiger partial charge is 0.221 e. The fourth-order valence-electron chi connectivity index (χ4n) is 3.45. The second kappa shape index (κ2) is 9.20. The third-order valence-electron chi connectivity index (χ3n) is 5.61. The number of pyridine rings is 1. The molecule has 2 unspecified atom stereocenters. The van der Waals surface area contributed by atoms with Crippen molar-refractivity contribution in [2.24, 2.45) is 5.92 Å². The van der Waals surface area contributed by atoms with Gasteiger partial charge in [-0.1, -0.05) is 13.8 Å². The van der Waals surface area contributed by atoms with Gasteiger partial charge in [0.15, 0.2) is 0 Å². The number of rotatable bonds is 8. The highest BCUT2D eigenvalue weighted by Crippen LogP contribution is 2.34. The summed E-state index contributed by atoms with van der Waals surface area (Å²) in [7, 11) is 3.25. The molecule has 2 atom stereocenters. The molecule has 6 heteroatoms. The van der Waals surface area contributed by atoms with Crippen LogP contribution in [0.4, 0.5) is 0 Å². The minimum absolute atomic E-state index is 0.00467. The van der Waals surface area contributed by atoms with Crippen LogP contribution >= 0.6 is 0 Å². The lowest BCUT2D eigenvalue weighted by atomic mass is 9.91. The van der Waals surface area contributed by atoms with Crippen molar-refractivity contribution in [3.05, 3.63) is 59.5 Å². The van der Waals surface area contributed by atoms with Crippen LogP contribution in [0.15, 0.2) is 42.7 Å². The molecule has 3 rings (SSSR count). The van der Waals surface area contributed by atoms with Crippen molar-refractivity contribution in [2.45, 2.75) is 46.1 Å². The molecule has 1 amide bonds. The van der Waals surface area contributed by atoms with E-state index in [4.69, 9.17) is 9.47 Å². The minimum atomic E-state index is -0.203. The van der Waals surface area contributed by atoms with E-state index in [9.17, 15) is 4.79 Å². The van der Waals surface area contributed by atoms with E-state index < -0.39 is 0 Å². The molecule has 0 aliphatic rings. The number of aryl methyl sites for hydroxylation is 1. The molecule has 2 aromatic heterocycles. The van der Waals surface area contributed by atoms with Crippen LogP contribution in [-0.4, -0.2) is 35.6 Å². The Kier molecular flexibility index (Phi) is 6.65. The van der Waals surface area contributed by atoms with Gasteiger partial charge in [-0.3, -0.25) is 4.79 Å². The molecule has 0 saturated carbocycles. The zero-order chi connectivity index (χ0) is 21.8. The lowest BCUT2D eigenvalue weighted by molar-refractivity contribution is -0.122. The van der Waals surface area contributed by atoms with Crippen LogP contribution in [0.25, 0.3) is 5.65 Å². The lowest BCUT2D eigenvalue weighted by Gasteiger charge is -2.22. The van der Waals surface area contributed by atoms with E-state index in [0.717, 1.165) is 22.5 Å².